The zero-order chi connectivity index (χ0) is 8.85. The fourth-order valence-electron chi connectivity index (χ4n) is 0.978. The summed E-state index contributed by atoms with van der Waals surface area (Å²) in [5.41, 5.74) is 1.01. The summed E-state index contributed by atoms with van der Waals surface area (Å²) < 4.78 is 0. The zero-order valence-electron chi connectivity index (χ0n) is 7.18. The van der Waals surface area contributed by atoms with Gasteiger partial charge >= 0.3 is 0 Å². The van der Waals surface area contributed by atoms with Gasteiger partial charge in [0.25, 0.3) is 5.70 Å². The Labute approximate surface area is 66.4 Å². The average molecular weight is 158 g/mol. The quantitative estimate of drug-likeness (QED) is 0.498. The molecule has 0 saturated carbocycles. The van der Waals surface area contributed by atoms with Crippen LogP contribution in [0.1, 0.15) is 26.7 Å². The molecule has 64 valence electrons. The standard InChI is InChI=1S/C7H14N2O2/c1-4-6(8-3)7(5-2)9(10)11/h8H,4-5H2,1-3H3/b7-6-. The van der Waals surface area contributed by atoms with Gasteiger partial charge in [-0.3, -0.25) is 10.1 Å². The normalized spacial score (nSPS) is 12.3. The van der Waals surface area contributed by atoms with E-state index in [1.807, 2.05) is 6.92 Å². The highest BCUT2D eigenvalue weighted by atomic mass is 16.6. The Kier molecular flexibility index (Phi) is 4.26. The van der Waals surface area contributed by atoms with Crippen LogP contribution in [0, 0.1) is 10.1 Å². The number of allylic oxidation sites excluding steroid dienone is 2. The summed E-state index contributed by atoms with van der Waals surface area (Å²) in [6.45, 7) is 3.68. The maximum Gasteiger partial charge on any atom is 0.264 e. The Bertz CT molecular complexity index is 169. The van der Waals surface area contributed by atoms with E-state index in [-0.39, 0.29) is 10.6 Å². The predicted octanol–water partition coefficient (Wildman–Crippen LogP) is 1.51. The Hall–Kier alpha value is -1.06. The van der Waals surface area contributed by atoms with Crippen molar-refractivity contribution in [3.8, 4) is 0 Å². The highest BCUT2D eigenvalue weighted by Gasteiger charge is 2.12. The molecule has 0 aliphatic carbocycles. The van der Waals surface area contributed by atoms with Gasteiger partial charge in [0, 0.05) is 13.5 Å². The van der Waals surface area contributed by atoms with Gasteiger partial charge in [-0.25, -0.2) is 0 Å². The maximum absolute atomic E-state index is 10.4. The van der Waals surface area contributed by atoms with Crippen molar-refractivity contribution in [3.05, 3.63) is 21.5 Å². The van der Waals surface area contributed by atoms with Gasteiger partial charge in [-0.1, -0.05) is 13.8 Å². The number of hydrogen-bond donors (Lipinski definition) is 1. The second-order valence-corrected chi connectivity index (χ2v) is 2.14. The minimum atomic E-state index is -0.324. The summed E-state index contributed by atoms with van der Waals surface area (Å²) in [6, 6.07) is 0. The first kappa shape index (κ1) is 9.94. The molecule has 0 aliphatic rings. The van der Waals surface area contributed by atoms with Crippen LogP contribution in [0.2, 0.25) is 0 Å². The third kappa shape index (κ3) is 2.57. The van der Waals surface area contributed by atoms with Crippen LogP contribution in [-0.2, 0) is 0 Å². The van der Waals surface area contributed by atoms with E-state index in [0.717, 1.165) is 5.70 Å². The zero-order valence-corrected chi connectivity index (χ0v) is 7.18. The molecular weight excluding hydrogens is 144 g/mol. The van der Waals surface area contributed by atoms with Gasteiger partial charge in [0.2, 0.25) is 0 Å². The van der Waals surface area contributed by atoms with Gasteiger partial charge in [0.1, 0.15) is 0 Å². The molecule has 4 heteroatoms. The molecule has 0 fully saturated rings. The number of rotatable bonds is 4. The van der Waals surface area contributed by atoms with E-state index in [9.17, 15) is 10.1 Å². The molecule has 1 N–H and O–H groups in total. The molecule has 0 heterocycles. The maximum atomic E-state index is 10.4. The van der Waals surface area contributed by atoms with Crippen molar-refractivity contribution in [3.63, 3.8) is 0 Å². The third-order valence-corrected chi connectivity index (χ3v) is 1.56. The van der Waals surface area contributed by atoms with Crippen LogP contribution in [0.4, 0.5) is 0 Å². The molecule has 0 aromatic heterocycles. The summed E-state index contributed by atoms with van der Waals surface area (Å²) in [5, 5.41) is 13.2. The van der Waals surface area contributed by atoms with E-state index in [1.54, 1.807) is 14.0 Å². The molecule has 0 unspecified atom stereocenters. The molecule has 0 aromatic carbocycles. The molecule has 11 heavy (non-hydrogen) atoms. The molecule has 4 nitrogen and oxygen atoms in total. The van der Waals surface area contributed by atoms with Crippen molar-refractivity contribution in [2.75, 3.05) is 7.05 Å². The minimum Gasteiger partial charge on any atom is -0.386 e. The second kappa shape index (κ2) is 4.71. The summed E-state index contributed by atoms with van der Waals surface area (Å²) >= 11 is 0. The van der Waals surface area contributed by atoms with Crippen LogP contribution in [0.15, 0.2) is 11.4 Å². The highest BCUT2D eigenvalue weighted by molar-refractivity contribution is 5.03. The van der Waals surface area contributed by atoms with E-state index >= 15 is 0 Å². The van der Waals surface area contributed by atoms with Gasteiger partial charge in [-0.2, -0.15) is 0 Å². The number of hydrogen-bond acceptors (Lipinski definition) is 3. The average Bonchev–Trinajstić information content (AvgIpc) is 1.99. The van der Waals surface area contributed by atoms with Gasteiger partial charge in [-0.15, -0.1) is 0 Å². The molecule has 0 rings (SSSR count). The lowest BCUT2D eigenvalue weighted by Gasteiger charge is -2.03. The molecule has 0 radical (unpaired) electrons. The van der Waals surface area contributed by atoms with Crippen LogP contribution >= 0.6 is 0 Å². The summed E-state index contributed by atoms with van der Waals surface area (Å²) in [4.78, 5) is 10.1. The van der Waals surface area contributed by atoms with Gasteiger partial charge < -0.3 is 5.32 Å². The first-order chi connectivity index (χ1) is 5.17. The first-order valence-electron chi connectivity index (χ1n) is 3.71. The Morgan fingerprint density at radius 1 is 1.45 bits per heavy atom. The molecule has 0 bridgehead atoms. The fourth-order valence-corrected chi connectivity index (χ4v) is 0.978. The summed E-state index contributed by atoms with van der Waals surface area (Å²) in [6.07, 6.45) is 1.15. The van der Waals surface area contributed by atoms with E-state index < -0.39 is 0 Å². The second-order valence-electron chi connectivity index (χ2n) is 2.14. The van der Waals surface area contributed by atoms with Gasteiger partial charge in [0.05, 0.1) is 10.6 Å². The molecule has 0 amide bonds. The third-order valence-electron chi connectivity index (χ3n) is 1.56. The Morgan fingerprint density at radius 3 is 2.09 bits per heavy atom. The van der Waals surface area contributed by atoms with Gasteiger partial charge in [-0.05, 0) is 6.42 Å². The smallest absolute Gasteiger partial charge is 0.264 e. The number of nitrogens with zero attached hydrogens (tertiary/aromatic N) is 1. The van der Waals surface area contributed by atoms with E-state index in [1.165, 1.54) is 0 Å². The lowest BCUT2D eigenvalue weighted by molar-refractivity contribution is -0.429. The summed E-state index contributed by atoms with van der Waals surface area (Å²) in [5.74, 6) is 0. The molecule has 0 spiro atoms. The molecule has 0 atom stereocenters. The first-order valence-corrected chi connectivity index (χ1v) is 3.71. The molecule has 0 aliphatic heterocycles. The van der Waals surface area contributed by atoms with Gasteiger partial charge in [0.15, 0.2) is 0 Å². The molecular formula is C7H14N2O2. The summed E-state index contributed by atoms with van der Waals surface area (Å²) in [7, 11) is 1.71. The van der Waals surface area contributed by atoms with Crippen molar-refractivity contribution in [1.82, 2.24) is 5.32 Å². The van der Waals surface area contributed by atoms with Crippen LogP contribution in [-0.4, -0.2) is 12.0 Å². The lowest BCUT2D eigenvalue weighted by Crippen LogP contribution is -2.12. The van der Waals surface area contributed by atoms with Crippen LogP contribution < -0.4 is 5.32 Å². The topological polar surface area (TPSA) is 55.2 Å². The SMILES string of the molecule is CC/C(NC)=C(\CC)[N+](=O)[O-]. The monoisotopic (exact) mass is 158 g/mol. The Balaban J connectivity index is 4.62. The Morgan fingerprint density at radius 2 is 2.00 bits per heavy atom. The van der Waals surface area contributed by atoms with Crippen LogP contribution in [0.25, 0.3) is 0 Å². The van der Waals surface area contributed by atoms with Crippen LogP contribution in [0.5, 0.6) is 0 Å². The van der Waals surface area contributed by atoms with Crippen molar-refractivity contribution in [1.29, 1.82) is 0 Å². The number of nitrogens with one attached hydrogen (secondary N) is 1. The van der Waals surface area contributed by atoms with Crippen molar-refractivity contribution >= 4 is 0 Å². The van der Waals surface area contributed by atoms with E-state index in [0.29, 0.717) is 12.8 Å². The van der Waals surface area contributed by atoms with Crippen LogP contribution in [0.3, 0.4) is 0 Å². The van der Waals surface area contributed by atoms with Crippen molar-refractivity contribution in [2.24, 2.45) is 0 Å². The fraction of sp³-hybridized carbons (Fsp3) is 0.714. The van der Waals surface area contributed by atoms with E-state index in [4.69, 9.17) is 0 Å². The lowest BCUT2D eigenvalue weighted by atomic mass is 10.2. The van der Waals surface area contributed by atoms with Crippen molar-refractivity contribution in [2.45, 2.75) is 26.7 Å². The molecule has 0 aromatic rings. The largest absolute Gasteiger partial charge is 0.386 e. The minimum absolute atomic E-state index is 0.287. The highest BCUT2D eigenvalue weighted by Crippen LogP contribution is 2.09. The number of nitro groups is 1. The van der Waals surface area contributed by atoms with Crippen molar-refractivity contribution < 1.29 is 4.92 Å². The molecule has 0 saturated heterocycles. The van der Waals surface area contributed by atoms with E-state index in [2.05, 4.69) is 5.32 Å². The predicted molar refractivity (Wildman–Crippen MR) is 43.7 cm³/mol.